The van der Waals surface area contributed by atoms with Gasteiger partial charge in [-0.1, -0.05) is 12.1 Å². The molecule has 0 aliphatic heterocycles. The van der Waals surface area contributed by atoms with Crippen LogP contribution in [0.3, 0.4) is 0 Å². The van der Waals surface area contributed by atoms with Crippen molar-refractivity contribution in [2.75, 3.05) is 0 Å². The van der Waals surface area contributed by atoms with Crippen molar-refractivity contribution in [2.24, 2.45) is 0 Å². The Morgan fingerprint density at radius 2 is 2.22 bits per heavy atom. The van der Waals surface area contributed by atoms with E-state index in [9.17, 15) is 0 Å². The first-order chi connectivity index (χ1) is 8.86. The molecular weight excluding hydrogens is 234 g/mol. The summed E-state index contributed by atoms with van der Waals surface area (Å²) in [5.41, 5.74) is 0.578. The third kappa shape index (κ3) is 1.83. The fourth-order valence-electron chi connectivity index (χ4n) is 1.40. The molecule has 90 valence electrons. The van der Waals surface area contributed by atoms with Crippen LogP contribution >= 0.6 is 0 Å². The minimum absolute atomic E-state index is 0.384. The second-order valence-electron chi connectivity index (χ2n) is 3.48. The van der Waals surface area contributed by atoms with Crippen molar-refractivity contribution in [1.29, 1.82) is 0 Å². The number of hydrogen-bond acceptors (Lipinski definition) is 7. The normalized spacial score (nSPS) is 10.7. The van der Waals surface area contributed by atoms with E-state index in [1.165, 1.54) is 6.20 Å². The van der Waals surface area contributed by atoms with Gasteiger partial charge >= 0.3 is 0 Å². The van der Waals surface area contributed by atoms with Crippen LogP contribution in [0.2, 0.25) is 0 Å². The SMILES string of the molecule is CCc1noc(-c2cn(-c3nccnn3)cn2)n1. The van der Waals surface area contributed by atoms with Crippen molar-refractivity contribution in [3.8, 4) is 17.5 Å². The van der Waals surface area contributed by atoms with E-state index < -0.39 is 0 Å². The molecule has 0 radical (unpaired) electrons. The molecule has 3 rings (SSSR count). The van der Waals surface area contributed by atoms with E-state index in [1.807, 2.05) is 6.92 Å². The average molecular weight is 243 g/mol. The molecule has 0 aromatic carbocycles. The Hall–Kier alpha value is -2.64. The summed E-state index contributed by atoms with van der Waals surface area (Å²) < 4.78 is 6.73. The highest BCUT2D eigenvalue weighted by Gasteiger charge is 2.11. The Labute approximate surface area is 102 Å². The van der Waals surface area contributed by atoms with Gasteiger partial charge in [0.25, 0.3) is 11.8 Å². The molecule has 0 aliphatic rings. The van der Waals surface area contributed by atoms with E-state index in [-0.39, 0.29) is 0 Å². The first kappa shape index (κ1) is 10.5. The third-order valence-electron chi connectivity index (χ3n) is 2.29. The quantitative estimate of drug-likeness (QED) is 0.667. The second-order valence-corrected chi connectivity index (χ2v) is 3.48. The van der Waals surface area contributed by atoms with Crippen LogP contribution in [0.5, 0.6) is 0 Å². The number of rotatable bonds is 3. The smallest absolute Gasteiger partial charge is 0.278 e. The molecule has 0 unspecified atom stereocenters. The van der Waals surface area contributed by atoms with Gasteiger partial charge in [0.1, 0.15) is 12.0 Å². The van der Waals surface area contributed by atoms with Crippen molar-refractivity contribution in [1.82, 2.24) is 34.9 Å². The van der Waals surface area contributed by atoms with Gasteiger partial charge in [-0.3, -0.25) is 4.57 Å². The zero-order valence-corrected chi connectivity index (χ0v) is 9.56. The van der Waals surface area contributed by atoms with E-state index in [2.05, 4.69) is 30.3 Å². The van der Waals surface area contributed by atoms with E-state index in [0.29, 0.717) is 23.4 Å². The van der Waals surface area contributed by atoms with Gasteiger partial charge in [0.15, 0.2) is 5.82 Å². The molecule has 0 spiro atoms. The summed E-state index contributed by atoms with van der Waals surface area (Å²) in [5, 5.41) is 11.4. The lowest BCUT2D eigenvalue weighted by atomic mass is 10.4. The number of nitrogens with zero attached hydrogens (tertiary/aromatic N) is 7. The molecule has 0 bridgehead atoms. The molecule has 3 aromatic heterocycles. The molecule has 0 saturated heterocycles. The van der Waals surface area contributed by atoms with Crippen LogP contribution in [0, 0.1) is 0 Å². The van der Waals surface area contributed by atoms with Gasteiger partial charge in [0.05, 0.1) is 12.4 Å². The van der Waals surface area contributed by atoms with Crippen LogP contribution in [-0.2, 0) is 6.42 Å². The van der Waals surface area contributed by atoms with E-state index >= 15 is 0 Å². The van der Waals surface area contributed by atoms with Crippen molar-refractivity contribution < 1.29 is 4.52 Å². The summed E-state index contributed by atoms with van der Waals surface area (Å²) >= 11 is 0. The highest BCUT2D eigenvalue weighted by molar-refractivity contribution is 5.45. The zero-order valence-electron chi connectivity index (χ0n) is 9.56. The van der Waals surface area contributed by atoms with E-state index in [0.717, 1.165) is 6.42 Å². The average Bonchev–Trinajstić information content (AvgIpc) is 3.08. The van der Waals surface area contributed by atoms with Crippen molar-refractivity contribution in [3.05, 3.63) is 30.7 Å². The first-order valence-corrected chi connectivity index (χ1v) is 5.38. The maximum Gasteiger partial charge on any atom is 0.278 e. The zero-order chi connectivity index (χ0) is 12.4. The highest BCUT2D eigenvalue weighted by Crippen LogP contribution is 2.15. The number of aryl methyl sites for hydroxylation is 1. The maximum absolute atomic E-state index is 5.10. The van der Waals surface area contributed by atoms with Gasteiger partial charge in [0.2, 0.25) is 0 Å². The second kappa shape index (κ2) is 4.32. The lowest BCUT2D eigenvalue weighted by Crippen LogP contribution is -1.98. The van der Waals surface area contributed by atoms with Gasteiger partial charge in [-0.05, 0) is 0 Å². The van der Waals surface area contributed by atoms with Crippen molar-refractivity contribution >= 4 is 0 Å². The topological polar surface area (TPSA) is 95.4 Å². The number of imidazole rings is 1. The predicted octanol–water partition coefficient (Wildman–Crippen LogP) is 0.670. The molecule has 0 saturated carbocycles. The molecule has 8 heteroatoms. The lowest BCUT2D eigenvalue weighted by molar-refractivity contribution is 0.422. The standard InChI is InChI=1S/C10H9N7O/c1-2-8-14-9(18-16-8)7-5-17(6-12-7)10-11-3-4-13-15-10/h3-6H,2H2,1H3. The number of aromatic nitrogens is 7. The molecule has 3 aromatic rings. The minimum Gasteiger partial charge on any atom is -0.332 e. The summed E-state index contributed by atoms with van der Waals surface area (Å²) in [6.07, 6.45) is 7.07. The van der Waals surface area contributed by atoms with E-state index in [1.54, 1.807) is 23.3 Å². The Bertz CT molecular complexity index is 645. The summed E-state index contributed by atoms with van der Waals surface area (Å²) in [6.45, 7) is 1.96. The molecule has 0 amide bonds. The predicted molar refractivity (Wildman–Crippen MR) is 59.6 cm³/mol. The van der Waals surface area contributed by atoms with E-state index in [4.69, 9.17) is 4.52 Å². The Balaban J connectivity index is 1.94. The molecule has 0 atom stereocenters. The van der Waals surface area contributed by atoms with Crippen molar-refractivity contribution in [2.45, 2.75) is 13.3 Å². The largest absolute Gasteiger partial charge is 0.332 e. The van der Waals surface area contributed by atoms with Crippen LogP contribution in [0.4, 0.5) is 0 Å². The van der Waals surface area contributed by atoms with Crippen LogP contribution in [0.1, 0.15) is 12.7 Å². The summed E-state index contributed by atoms with van der Waals surface area (Å²) in [7, 11) is 0. The molecule has 0 fully saturated rings. The number of hydrogen-bond donors (Lipinski definition) is 0. The lowest BCUT2D eigenvalue weighted by Gasteiger charge is -1.94. The molecule has 3 heterocycles. The third-order valence-corrected chi connectivity index (χ3v) is 2.29. The molecule has 0 N–H and O–H groups in total. The van der Waals surface area contributed by atoms with Gasteiger partial charge in [-0.15, -0.1) is 5.10 Å². The molecule has 0 aliphatic carbocycles. The summed E-state index contributed by atoms with van der Waals surface area (Å²) in [5.74, 6) is 1.47. The minimum atomic E-state index is 0.384. The fourth-order valence-corrected chi connectivity index (χ4v) is 1.40. The van der Waals surface area contributed by atoms with Crippen molar-refractivity contribution in [3.63, 3.8) is 0 Å². The van der Waals surface area contributed by atoms with Crippen LogP contribution in [0.25, 0.3) is 17.5 Å². The van der Waals surface area contributed by atoms with Gasteiger partial charge in [-0.25, -0.2) is 9.97 Å². The maximum atomic E-state index is 5.10. The van der Waals surface area contributed by atoms with Gasteiger partial charge in [-0.2, -0.15) is 10.1 Å². The molecule has 18 heavy (non-hydrogen) atoms. The Morgan fingerprint density at radius 3 is 2.94 bits per heavy atom. The fraction of sp³-hybridized carbons (Fsp3) is 0.200. The Morgan fingerprint density at radius 1 is 1.28 bits per heavy atom. The highest BCUT2D eigenvalue weighted by atomic mass is 16.5. The van der Waals surface area contributed by atoms with Crippen LogP contribution in [-0.4, -0.2) is 34.9 Å². The monoisotopic (exact) mass is 243 g/mol. The summed E-state index contributed by atoms with van der Waals surface area (Å²) in [6, 6.07) is 0. The first-order valence-electron chi connectivity index (χ1n) is 5.38. The van der Waals surface area contributed by atoms with Gasteiger partial charge < -0.3 is 4.52 Å². The van der Waals surface area contributed by atoms with Crippen LogP contribution < -0.4 is 0 Å². The molecular formula is C10H9N7O. The molecule has 8 nitrogen and oxygen atoms in total. The Kier molecular flexibility index (Phi) is 2.52. The van der Waals surface area contributed by atoms with Gasteiger partial charge in [0, 0.05) is 12.6 Å². The summed E-state index contributed by atoms with van der Waals surface area (Å²) in [4.78, 5) is 12.4. The van der Waals surface area contributed by atoms with Crippen LogP contribution in [0.15, 0.2) is 29.4 Å².